The second kappa shape index (κ2) is 6.25. The summed E-state index contributed by atoms with van der Waals surface area (Å²) >= 11 is 0. The van der Waals surface area contributed by atoms with E-state index in [1.54, 1.807) is 0 Å². The van der Waals surface area contributed by atoms with Gasteiger partial charge in [0.25, 0.3) is 0 Å². The lowest BCUT2D eigenvalue weighted by atomic mass is 10.1. The molecule has 4 nitrogen and oxygen atoms in total. The molecule has 1 fully saturated rings. The summed E-state index contributed by atoms with van der Waals surface area (Å²) in [6.07, 6.45) is -0.205. The average molecular weight is 231 g/mol. The first-order valence-corrected chi connectivity index (χ1v) is 4.77. The molecular weight excluding hydrogens is 213 g/mol. The van der Waals surface area contributed by atoms with Crippen LogP contribution in [0, 0.1) is 5.92 Å². The Morgan fingerprint density at radius 2 is 2.12 bits per heavy atom. The molecule has 1 aliphatic heterocycles. The molecule has 0 radical (unpaired) electrons. The summed E-state index contributed by atoms with van der Waals surface area (Å²) in [6.45, 7) is 3.85. The Bertz CT molecular complexity index is 291. The quantitative estimate of drug-likeness (QED) is 0.745. The molecule has 0 aromatic carbocycles. The summed E-state index contributed by atoms with van der Waals surface area (Å²) in [5.74, 6) is -1.52. The molecule has 1 aliphatic rings. The third-order valence-corrected chi connectivity index (χ3v) is 2.50. The molecule has 1 rings (SSSR count). The normalized spacial score (nSPS) is 19.4. The highest BCUT2D eigenvalue weighted by Gasteiger charge is 2.28. The number of amides is 1. The van der Waals surface area contributed by atoms with E-state index in [0.29, 0.717) is 18.7 Å². The summed E-state index contributed by atoms with van der Waals surface area (Å²) in [6, 6.07) is 0. The van der Waals surface area contributed by atoms with E-state index in [2.05, 4.69) is 6.58 Å². The third-order valence-electron chi connectivity index (χ3n) is 2.50. The SMILES string of the molecule is C.C=C1CN(C(=O)CCC(=O)O)CC1CF. The van der Waals surface area contributed by atoms with Crippen molar-refractivity contribution in [1.29, 1.82) is 0 Å². The number of carboxylic acid groups (broad SMARTS) is 1. The van der Waals surface area contributed by atoms with Gasteiger partial charge in [-0.2, -0.15) is 0 Å². The lowest BCUT2D eigenvalue weighted by Gasteiger charge is -2.14. The van der Waals surface area contributed by atoms with Gasteiger partial charge in [0.1, 0.15) is 0 Å². The summed E-state index contributed by atoms with van der Waals surface area (Å²) in [5, 5.41) is 8.41. The predicted octanol–water partition coefficient (Wildman–Crippen LogP) is 1.47. The number of hydrogen-bond donors (Lipinski definition) is 1. The van der Waals surface area contributed by atoms with Crippen LogP contribution in [0.25, 0.3) is 0 Å². The van der Waals surface area contributed by atoms with Crippen molar-refractivity contribution in [3.8, 4) is 0 Å². The molecule has 1 heterocycles. The van der Waals surface area contributed by atoms with Crippen LogP contribution < -0.4 is 0 Å². The molecule has 0 bridgehead atoms. The number of aliphatic carboxylic acids is 1. The smallest absolute Gasteiger partial charge is 0.303 e. The Labute approximate surface area is 94.7 Å². The van der Waals surface area contributed by atoms with Crippen LogP contribution in [0.3, 0.4) is 0 Å². The molecule has 1 atom stereocenters. The lowest BCUT2D eigenvalue weighted by molar-refractivity contribution is -0.140. The van der Waals surface area contributed by atoms with Crippen LogP contribution in [0.2, 0.25) is 0 Å². The number of alkyl halides is 1. The van der Waals surface area contributed by atoms with Crippen molar-refractivity contribution in [3.05, 3.63) is 12.2 Å². The zero-order chi connectivity index (χ0) is 11.4. The van der Waals surface area contributed by atoms with Crippen LogP contribution in [0.4, 0.5) is 4.39 Å². The first-order valence-electron chi connectivity index (χ1n) is 4.77. The number of halogens is 1. The molecule has 5 heteroatoms. The van der Waals surface area contributed by atoms with Crippen molar-refractivity contribution < 1.29 is 19.1 Å². The fourth-order valence-electron chi connectivity index (χ4n) is 1.55. The van der Waals surface area contributed by atoms with Crippen LogP contribution >= 0.6 is 0 Å². The number of carbonyl (C=O) groups is 2. The van der Waals surface area contributed by atoms with Gasteiger partial charge < -0.3 is 10.0 Å². The minimum absolute atomic E-state index is 0. The van der Waals surface area contributed by atoms with Gasteiger partial charge in [-0.25, -0.2) is 0 Å². The van der Waals surface area contributed by atoms with E-state index in [0.717, 1.165) is 0 Å². The molecule has 1 N–H and O–H groups in total. The van der Waals surface area contributed by atoms with Crippen LogP contribution in [0.15, 0.2) is 12.2 Å². The van der Waals surface area contributed by atoms with E-state index >= 15 is 0 Å². The van der Waals surface area contributed by atoms with Gasteiger partial charge in [-0.15, -0.1) is 0 Å². The molecule has 0 spiro atoms. The summed E-state index contributed by atoms with van der Waals surface area (Å²) < 4.78 is 12.4. The van der Waals surface area contributed by atoms with E-state index in [1.807, 2.05) is 0 Å². The minimum atomic E-state index is -0.997. The van der Waals surface area contributed by atoms with Gasteiger partial charge in [-0.3, -0.25) is 14.0 Å². The molecule has 1 unspecified atom stereocenters. The van der Waals surface area contributed by atoms with E-state index < -0.39 is 12.6 Å². The van der Waals surface area contributed by atoms with Crippen molar-refractivity contribution in [2.75, 3.05) is 19.8 Å². The standard InChI is InChI=1S/C10H14FNO3.CH4/c1-7-5-12(6-8(7)4-11)9(13)2-3-10(14)15;/h8H,1-6H2,(H,14,15);1H4. The highest BCUT2D eigenvalue weighted by Crippen LogP contribution is 2.22. The maximum Gasteiger partial charge on any atom is 0.303 e. The third kappa shape index (κ3) is 3.64. The zero-order valence-corrected chi connectivity index (χ0v) is 8.41. The first kappa shape index (κ1) is 14.6. The average Bonchev–Trinajstić information content (AvgIpc) is 2.56. The monoisotopic (exact) mass is 231 g/mol. The molecule has 0 aromatic heterocycles. The summed E-state index contributed by atoms with van der Waals surface area (Å²) in [5.41, 5.74) is 0.709. The van der Waals surface area contributed by atoms with Crippen LogP contribution in [-0.4, -0.2) is 41.6 Å². The number of likely N-dealkylation sites (tertiary alicyclic amines) is 1. The van der Waals surface area contributed by atoms with Crippen molar-refractivity contribution in [2.45, 2.75) is 20.3 Å². The van der Waals surface area contributed by atoms with Crippen molar-refractivity contribution in [1.82, 2.24) is 4.90 Å². The van der Waals surface area contributed by atoms with E-state index in [9.17, 15) is 14.0 Å². The van der Waals surface area contributed by atoms with Gasteiger partial charge in [0.05, 0.1) is 13.1 Å². The zero-order valence-electron chi connectivity index (χ0n) is 8.41. The number of carboxylic acids is 1. The first-order chi connectivity index (χ1) is 7.04. The number of rotatable bonds is 4. The molecule has 1 amide bonds. The van der Waals surface area contributed by atoms with Gasteiger partial charge in [-0.1, -0.05) is 19.6 Å². The Kier molecular flexibility index (Phi) is 5.71. The lowest BCUT2D eigenvalue weighted by Crippen LogP contribution is -2.29. The summed E-state index contributed by atoms with van der Waals surface area (Å²) in [4.78, 5) is 23.2. The maximum atomic E-state index is 12.4. The number of hydrogen-bond acceptors (Lipinski definition) is 2. The van der Waals surface area contributed by atoms with Crippen molar-refractivity contribution >= 4 is 11.9 Å². The molecule has 0 saturated carbocycles. The topological polar surface area (TPSA) is 57.6 Å². The maximum absolute atomic E-state index is 12.4. The fraction of sp³-hybridized carbons (Fsp3) is 0.636. The molecule has 92 valence electrons. The van der Waals surface area contributed by atoms with E-state index in [-0.39, 0.29) is 32.1 Å². The predicted molar refractivity (Wildman–Crippen MR) is 58.8 cm³/mol. The van der Waals surface area contributed by atoms with Gasteiger partial charge in [-0.05, 0) is 0 Å². The van der Waals surface area contributed by atoms with E-state index in [1.165, 1.54) is 4.90 Å². The minimum Gasteiger partial charge on any atom is -0.481 e. The number of carbonyl (C=O) groups excluding carboxylic acids is 1. The van der Waals surface area contributed by atoms with Gasteiger partial charge in [0.15, 0.2) is 0 Å². The molecule has 0 aliphatic carbocycles. The van der Waals surface area contributed by atoms with Gasteiger partial charge >= 0.3 is 5.97 Å². The largest absolute Gasteiger partial charge is 0.481 e. The molecular formula is C11H18FNO3. The highest BCUT2D eigenvalue weighted by atomic mass is 19.1. The van der Waals surface area contributed by atoms with Crippen LogP contribution in [-0.2, 0) is 9.59 Å². The van der Waals surface area contributed by atoms with Crippen LogP contribution in [0.1, 0.15) is 20.3 Å². The Hall–Kier alpha value is -1.39. The Balaban J connectivity index is 0.00000225. The molecule has 1 saturated heterocycles. The van der Waals surface area contributed by atoms with Gasteiger partial charge in [0, 0.05) is 25.4 Å². The highest BCUT2D eigenvalue weighted by molar-refractivity contribution is 5.81. The van der Waals surface area contributed by atoms with Crippen molar-refractivity contribution in [3.63, 3.8) is 0 Å². The molecule has 16 heavy (non-hydrogen) atoms. The number of nitrogens with zero attached hydrogens (tertiary/aromatic N) is 1. The second-order valence-electron chi connectivity index (χ2n) is 3.68. The van der Waals surface area contributed by atoms with E-state index in [4.69, 9.17) is 5.11 Å². The van der Waals surface area contributed by atoms with Crippen LogP contribution in [0.5, 0.6) is 0 Å². The summed E-state index contributed by atoms with van der Waals surface area (Å²) in [7, 11) is 0. The van der Waals surface area contributed by atoms with Gasteiger partial charge in [0.2, 0.25) is 5.91 Å². The molecule has 0 aromatic rings. The Morgan fingerprint density at radius 3 is 2.56 bits per heavy atom. The fourth-order valence-corrected chi connectivity index (χ4v) is 1.55. The second-order valence-corrected chi connectivity index (χ2v) is 3.68. The van der Waals surface area contributed by atoms with Crippen molar-refractivity contribution in [2.24, 2.45) is 5.92 Å². The Morgan fingerprint density at radius 1 is 1.50 bits per heavy atom.